The third kappa shape index (κ3) is 2.93. The van der Waals surface area contributed by atoms with Crippen molar-refractivity contribution in [3.8, 4) is 0 Å². The van der Waals surface area contributed by atoms with E-state index in [0.717, 1.165) is 24.4 Å². The summed E-state index contributed by atoms with van der Waals surface area (Å²) in [6.45, 7) is 4.56. The number of piperidine rings is 1. The minimum Gasteiger partial charge on any atom is -0.307 e. The van der Waals surface area contributed by atoms with Gasteiger partial charge in [-0.05, 0) is 38.1 Å². The predicted molar refractivity (Wildman–Crippen MR) is 93.3 cm³/mol. The van der Waals surface area contributed by atoms with Crippen molar-refractivity contribution < 1.29 is 0 Å². The average Bonchev–Trinajstić information content (AvgIpc) is 3.07. The van der Waals surface area contributed by atoms with Gasteiger partial charge in [-0.25, -0.2) is 0 Å². The number of imidazole rings is 1. The molecule has 2 aromatic heterocycles. The molecule has 120 valence electrons. The Morgan fingerprint density at radius 3 is 2.41 bits per heavy atom. The fourth-order valence-corrected chi connectivity index (χ4v) is 3.21. The summed E-state index contributed by atoms with van der Waals surface area (Å²) < 4.78 is 4.22. The van der Waals surface area contributed by atoms with E-state index in [1.54, 1.807) is 6.33 Å². The number of hydrogen-bond acceptors (Lipinski definition) is 3. The van der Waals surface area contributed by atoms with E-state index < -0.39 is 0 Å². The molecule has 0 atom stereocenters. The normalized spacial score (nSPS) is 15.6. The van der Waals surface area contributed by atoms with Crippen molar-refractivity contribution in [1.82, 2.24) is 24.1 Å². The van der Waals surface area contributed by atoms with E-state index >= 15 is 0 Å². The lowest BCUT2D eigenvalue weighted by Crippen LogP contribution is -2.32. The molecule has 3 heterocycles. The van der Waals surface area contributed by atoms with Gasteiger partial charge in [0.25, 0.3) is 0 Å². The lowest BCUT2D eigenvalue weighted by Gasteiger charge is -2.26. The van der Waals surface area contributed by atoms with Crippen molar-refractivity contribution in [2.75, 3.05) is 19.6 Å². The highest BCUT2D eigenvalue weighted by Gasteiger charge is 2.14. The minimum atomic E-state index is 0. The number of fused-ring (bicyclic) bond motifs is 3. The molecular formula is C15H21Cl2N5. The van der Waals surface area contributed by atoms with E-state index in [-0.39, 0.29) is 24.8 Å². The molecule has 4 rings (SSSR count). The van der Waals surface area contributed by atoms with Crippen molar-refractivity contribution in [1.29, 1.82) is 0 Å². The fraction of sp³-hybridized carbons (Fsp3) is 0.467. The van der Waals surface area contributed by atoms with Gasteiger partial charge < -0.3 is 9.47 Å². The van der Waals surface area contributed by atoms with Gasteiger partial charge in [0.1, 0.15) is 6.33 Å². The Morgan fingerprint density at radius 2 is 1.64 bits per heavy atom. The fourth-order valence-electron chi connectivity index (χ4n) is 3.21. The van der Waals surface area contributed by atoms with Gasteiger partial charge >= 0.3 is 0 Å². The summed E-state index contributed by atoms with van der Waals surface area (Å²) in [7, 11) is 0. The zero-order valence-corrected chi connectivity index (χ0v) is 14.0. The molecule has 1 aliphatic rings. The van der Waals surface area contributed by atoms with Crippen LogP contribution in [0.4, 0.5) is 0 Å². The van der Waals surface area contributed by atoms with Gasteiger partial charge in [-0.15, -0.1) is 24.8 Å². The molecule has 22 heavy (non-hydrogen) atoms. The number of hydrogen-bond donors (Lipinski definition) is 0. The molecule has 0 aliphatic carbocycles. The number of likely N-dealkylation sites (tertiary alicyclic amines) is 1. The van der Waals surface area contributed by atoms with Crippen LogP contribution in [0, 0.1) is 0 Å². The van der Waals surface area contributed by atoms with Crippen LogP contribution < -0.4 is 0 Å². The molecule has 3 aromatic rings. The van der Waals surface area contributed by atoms with Crippen molar-refractivity contribution in [2.45, 2.75) is 25.8 Å². The molecule has 0 saturated carbocycles. The molecule has 0 N–H and O–H groups in total. The quantitative estimate of drug-likeness (QED) is 0.734. The van der Waals surface area contributed by atoms with Crippen molar-refractivity contribution in [2.24, 2.45) is 0 Å². The number of rotatable bonds is 3. The molecule has 7 heteroatoms. The average molecular weight is 342 g/mol. The second kappa shape index (κ2) is 7.31. The van der Waals surface area contributed by atoms with Crippen LogP contribution in [0.1, 0.15) is 19.3 Å². The van der Waals surface area contributed by atoms with Crippen LogP contribution in [0.2, 0.25) is 0 Å². The van der Waals surface area contributed by atoms with E-state index in [2.05, 4.69) is 43.8 Å². The summed E-state index contributed by atoms with van der Waals surface area (Å²) in [5.74, 6) is 0.947. The number of aromatic nitrogens is 4. The van der Waals surface area contributed by atoms with Gasteiger partial charge in [0.2, 0.25) is 5.78 Å². The summed E-state index contributed by atoms with van der Waals surface area (Å²) in [4.78, 5) is 6.98. The third-order valence-corrected chi connectivity index (χ3v) is 4.26. The van der Waals surface area contributed by atoms with E-state index in [4.69, 9.17) is 0 Å². The Balaban J connectivity index is 0.000000882. The highest BCUT2D eigenvalue weighted by Crippen LogP contribution is 2.19. The molecule has 1 saturated heterocycles. The summed E-state index contributed by atoms with van der Waals surface area (Å²) >= 11 is 0. The molecule has 0 spiro atoms. The predicted octanol–water partition coefficient (Wildman–Crippen LogP) is 3.01. The zero-order valence-electron chi connectivity index (χ0n) is 12.4. The summed E-state index contributed by atoms with van der Waals surface area (Å²) in [5, 5.41) is 4.33. The van der Waals surface area contributed by atoms with Crippen LogP contribution in [0.25, 0.3) is 16.8 Å². The van der Waals surface area contributed by atoms with Crippen molar-refractivity contribution >= 4 is 41.6 Å². The molecule has 1 fully saturated rings. The van der Waals surface area contributed by atoms with E-state index in [9.17, 15) is 0 Å². The third-order valence-electron chi connectivity index (χ3n) is 4.26. The lowest BCUT2D eigenvalue weighted by molar-refractivity contribution is 0.222. The second-order valence-corrected chi connectivity index (χ2v) is 5.51. The number of halogens is 2. The first-order valence-corrected chi connectivity index (χ1v) is 7.43. The maximum Gasteiger partial charge on any atom is 0.233 e. The smallest absolute Gasteiger partial charge is 0.233 e. The summed E-state index contributed by atoms with van der Waals surface area (Å²) in [6.07, 6.45) is 5.70. The van der Waals surface area contributed by atoms with Crippen LogP contribution in [0.5, 0.6) is 0 Å². The Hall–Kier alpha value is -1.30. The summed E-state index contributed by atoms with van der Waals surface area (Å²) in [6, 6.07) is 8.40. The maximum atomic E-state index is 4.42. The topological polar surface area (TPSA) is 38.4 Å². The molecular weight excluding hydrogens is 321 g/mol. The first kappa shape index (κ1) is 17.1. The zero-order chi connectivity index (χ0) is 13.4. The van der Waals surface area contributed by atoms with Gasteiger partial charge in [0, 0.05) is 13.1 Å². The highest BCUT2D eigenvalue weighted by atomic mass is 35.5. The van der Waals surface area contributed by atoms with E-state index in [1.165, 1.54) is 37.9 Å². The molecule has 0 amide bonds. The van der Waals surface area contributed by atoms with Crippen LogP contribution in [-0.4, -0.2) is 43.7 Å². The number of nitrogens with zero attached hydrogens (tertiary/aromatic N) is 5. The standard InChI is InChI=1S/C15H19N5.2ClH/c1-4-8-18(9-5-1)10-11-19-13-6-2-3-7-14(13)20-15(19)16-12-17-20;;/h2-3,6-7,12H,1,4-5,8-11H2;2*1H. The molecule has 0 unspecified atom stereocenters. The Morgan fingerprint density at radius 1 is 0.909 bits per heavy atom. The Bertz CT molecular complexity index is 730. The minimum absolute atomic E-state index is 0. The molecule has 0 bridgehead atoms. The largest absolute Gasteiger partial charge is 0.307 e. The highest BCUT2D eigenvalue weighted by molar-refractivity contribution is 5.85. The summed E-state index contributed by atoms with van der Waals surface area (Å²) in [5.41, 5.74) is 2.36. The van der Waals surface area contributed by atoms with Crippen LogP contribution in [0.15, 0.2) is 30.6 Å². The van der Waals surface area contributed by atoms with Crippen LogP contribution in [0.3, 0.4) is 0 Å². The van der Waals surface area contributed by atoms with E-state index in [0.29, 0.717) is 0 Å². The Labute approximate surface area is 142 Å². The first-order valence-electron chi connectivity index (χ1n) is 7.43. The van der Waals surface area contributed by atoms with Gasteiger partial charge in [-0.2, -0.15) is 14.6 Å². The van der Waals surface area contributed by atoms with Gasteiger partial charge in [-0.1, -0.05) is 18.6 Å². The van der Waals surface area contributed by atoms with Gasteiger partial charge in [0.05, 0.1) is 11.0 Å². The molecule has 0 radical (unpaired) electrons. The first-order chi connectivity index (χ1) is 9.93. The number of para-hydroxylation sites is 2. The van der Waals surface area contributed by atoms with Gasteiger partial charge in [-0.3, -0.25) is 0 Å². The second-order valence-electron chi connectivity index (χ2n) is 5.51. The monoisotopic (exact) mass is 341 g/mol. The van der Waals surface area contributed by atoms with Gasteiger partial charge in [0.15, 0.2) is 0 Å². The lowest BCUT2D eigenvalue weighted by atomic mass is 10.1. The van der Waals surface area contributed by atoms with Crippen molar-refractivity contribution in [3.05, 3.63) is 30.6 Å². The van der Waals surface area contributed by atoms with Crippen LogP contribution >= 0.6 is 24.8 Å². The number of benzene rings is 1. The molecule has 1 aliphatic heterocycles. The van der Waals surface area contributed by atoms with Crippen molar-refractivity contribution in [3.63, 3.8) is 0 Å². The maximum absolute atomic E-state index is 4.42. The molecule has 1 aromatic carbocycles. The SMILES string of the molecule is Cl.Cl.c1ccc2c(c1)n(CCN1CCCCC1)c1ncnn21. The molecule has 5 nitrogen and oxygen atoms in total. The Kier molecular flexibility index (Phi) is 5.67. The van der Waals surface area contributed by atoms with Crippen LogP contribution in [-0.2, 0) is 6.54 Å². The van der Waals surface area contributed by atoms with E-state index in [1.807, 2.05) is 4.52 Å².